The maximum atomic E-state index is 9.84. The molecule has 1 aliphatic carbocycles. The van der Waals surface area contributed by atoms with Crippen LogP contribution in [0.5, 0.6) is 0 Å². The molecule has 0 saturated heterocycles. The molecule has 0 bridgehead atoms. The molecule has 0 heterocycles. The quantitative estimate of drug-likeness (QED) is 0.734. The summed E-state index contributed by atoms with van der Waals surface area (Å²) < 4.78 is 0. The summed E-state index contributed by atoms with van der Waals surface area (Å²) in [5, 5.41) is 9.84. The van der Waals surface area contributed by atoms with Crippen molar-refractivity contribution >= 4 is 0 Å². The average molecular weight is 176 g/mol. The third-order valence-corrected chi connectivity index (χ3v) is 2.95. The van der Waals surface area contributed by atoms with Gasteiger partial charge in [0.1, 0.15) is 0 Å². The second-order valence-corrected chi connectivity index (χ2v) is 3.87. The van der Waals surface area contributed by atoms with Gasteiger partial charge >= 0.3 is 0 Å². The van der Waals surface area contributed by atoms with E-state index in [1.807, 2.05) is 0 Å². The summed E-state index contributed by atoms with van der Waals surface area (Å²) in [6.45, 7) is 2.17. The molecule has 2 rings (SSSR count). The van der Waals surface area contributed by atoms with Crippen molar-refractivity contribution in [2.45, 2.75) is 38.2 Å². The lowest BCUT2D eigenvalue weighted by Crippen LogP contribution is -2.12. The zero-order valence-electron chi connectivity index (χ0n) is 8.03. The van der Waals surface area contributed by atoms with E-state index in [1.54, 1.807) is 0 Å². The van der Waals surface area contributed by atoms with Crippen molar-refractivity contribution in [2.24, 2.45) is 0 Å². The van der Waals surface area contributed by atoms with Gasteiger partial charge in [0.15, 0.2) is 0 Å². The molecular weight excluding hydrogens is 160 g/mol. The Hall–Kier alpha value is -0.820. The smallest absolute Gasteiger partial charge is 0.0649 e. The largest absolute Gasteiger partial charge is 0.392 e. The maximum absolute atomic E-state index is 9.84. The Labute approximate surface area is 79.4 Å². The van der Waals surface area contributed by atoms with Crippen molar-refractivity contribution in [3.05, 3.63) is 35.4 Å². The second-order valence-electron chi connectivity index (χ2n) is 3.87. The summed E-state index contributed by atoms with van der Waals surface area (Å²) in [7, 11) is 0. The van der Waals surface area contributed by atoms with E-state index in [4.69, 9.17) is 0 Å². The third kappa shape index (κ3) is 1.49. The second kappa shape index (κ2) is 3.51. The number of benzene rings is 1. The molecule has 0 unspecified atom stereocenters. The van der Waals surface area contributed by atoms with Crippen molar-refractivity contribution in [3.63, 3.8) is 0 Å². The molecule has 0 saturated carbocycles. The minimum Gasteiger partial charge on any atom is -0.392 e. The average Bonchev–Trinajstić information content (AvgIpc) is 2.44. The number of hydrogen-bond acceptors (Lipinski definition) is 1. The zero-order chi connectivity index (χ0) is 9.26. The van der Waals surface area contributed by atoms with E-state index in [9.17, 15) is 5.11 Å². The van der Waals surface area contributed by atoms with Crippen LogP contribution < -0.4 is 0 Å². The molecule has 0 aliphatic heterocycles. The fourth-order valence-corrected chi connectivity index (χ4v) is 2.32. The number of aliphatic hydroxyl groups excluding tert-OH is 1. The van der Waals surface area contributed by atoms with Crippen LogP contribution in [0.3, 0.4) is 0 Å². The Morgan fingerprint density at radius 3 is 2.92 bits per heavy atom. The van der Waals surface area contributed by atoms with Crippen LogP contribution in [0.2, 0.25) is 0 Å². The van der Waals surface area contributed by atoms with E-state index in [2.05, 4.69) is 31.2 Å². The summed E-state index contributed by atoms with van der Waals surface area (Å²) in [5.41, 5.74) is 2.71. The Bertz CT molecular complexity index is 293. The highest BCUT2D eigenvalue weighted by atomic mass is 16.3. The van der Waals surface area contributed by atoms with Gasteiger partial charge in [-0.15, -0.1) is 0 Å². The minimum absolute atomic E-state index is 0.141. The van der Waals surface area contributed by atoms with E-state index in [0.717, 1.165) is 19.3 Å². The lowest BCUT2D eigenvalue weighted by atomic mass is 9.95. The van der Waals surface area contributed by atoms with Gasteiger partial charge < -0.3 is 5.11 Å². The topological polar surface area (TPSA) is 20.2 Å². The predicted octanol–water partition coefficient (Wildman–Crippen LogP) is 2.49. The SMILES string of the molecule is CCC[C@H]1c2ccccc2C[C@@H]1O. The van der Waals surface area contributed by atoms with Crippen molar-refractivity contribution in [2.75, 3.05) is 0 Å². The van der Waals surface area contributed by atoms with Gasteiger partial charge in [-0.2, -0.15) is 0 Å². The minimum atomic E-state index is -0.141. The van der Waals surface area contributed by atoms with Gasteiger partial charge in [0.2, 0.25) is 0 Å². The monoisotopic (exact) mass is 176 g/mol. The van der Waals surface area contributed by atoms with Crippen molar-refractivity contribution < 1.29 is 5.11 Å². The van der Waals surface area contributed by atoms with Crippen LogP contribution in [0.1, 0.15) is 36.8 Å². The Kier molecular flexibility index (Phi) is 2.36. The first-order chi connectivity index (χ1) is 6.33. The van der Waals surface area contributed by atoms with Crippen LogP contribution in [0.4, 0.5) is 0 Å². The first-order valence-electron chi connectivity index (χ1n) is 5.08. The molecule has 0 amide bonds. The summed E-state index contributed by atoms with van der Waals surface area (Å²) in [6.07, 6.45) is 2.96. The molecule has 1 aromatic rings. The van der Waals surface area contributed by atoms with Gasteiger partial charge in [0, 0.05) is 5.92 Å². The molecule has 1 N–H and O–H groups in total. The van der Waals surface area contributed by atoms with Gasteiger partial charge in [-0.05, 0) is 24.0 Å². The molecule has 0 radical (unpaired) electrons. The van der Waals surface area contributed by atoms with E-state index in [-0.39, 0.29) is 6.10 Å². The standard InChI is InChI=1S/C12H16O/c1-2-5-11-10-7-4-3-6-9(10)8-12(11)13/h3-4,6-7,11-13H,2,5,8H2,1H3/t11-,12-/m0/s1. The molecule has 1 nitrogen and oxygen atoms in total. The van der Waals surface area contributed by atoms with Crippen LogP contribution >= 0.6 is 0 Å². The molecule has 0 fully saturated rings. The fourth-order valence-electron chi connectivity index (χ4n) is 2.32. The molecule has 1 aromatic carbocycles. The van der Waals surface area contributed by atoms with Crippen LogP contribution in [0.15, 0.2) is 24.3 Å². The maximum Gasteiger partial charge on any atom is 0.0649 e. The highest BCUT2D eigenvalue weighted by Crippen LogP contribution is 2.36. The van der Waals surface area contributed by atoms with Gasteiger partial charge in [-0.25, -0.2) is 0 Å². The highest BCUT2D eigenvalue weighted by Gasteiger charge is 2.29. The molecule has 13 heavy (non-hydrogen) atoms. The molecular formula is C12H16O. The summed E-state index contributed by atoms with van der Waals surface area (Å²) in [4.78, 5) is 0. The third-order valence-electron chi connectivity index (χ3n) is 2.95. The van der Waals surface area contributed by atoms with E-state index in [1.165, 1.54) is 11.1 Å². The molecule has 0 aromatic heterocycles. The van der Waals surface area contributed by atoms with Crippen molar-refractivity contribution in [1.82, 2.24) is 0 Å². The number of aliphatic hydroxyl groups is 1. The van der Waals surface area contributed by atoms with Gasteiger partial charge in [-0.3, -0.25) is 0 Å². The van der Waals surface area contributed by atoms with Gasteiger partial charge in [0.05, 0.1) is 6.10 Å². The zero-order valence-corrected chi connectivity index (χ0v) is 8.03. The van der Waals surface area contributed by atoms with Gasteiger partial charge in [-0.1, -0.05) is 37.6 Å². The van der Waals surface area contributed by atoms with Crippen molar-refractivity contribution in [1.29, 1.82) is 0 Å². The van der Waals surface area contributed by atoms with Crippen molar-refractivity contribution in [3.8, 4) is 0 Å². The highest BCUT2D eigenvalue weighted by molar-refractivity contribution is 5.36. The Morgan fingerprint density at radius 2 is 2.15 bits per heavy atom. The normalized spacial score (nSPS) is 26.0. The van der Waals surface area contributed by atoms with Crippen LogP contribution in [-0.4, -0.2) is 11.2 Å². The molecule has 70 valence electrons. The van der Waals surface area contributed by atoms with E-state index >= 15 is 0 Å². The van der Waals surface area contributed by atoms with Gasteiger partial charge in [0.25, 0.3) is 0 Å². The Morgan fingerprint density at radius 1 is 1.38 bits per heavy atom. The van der Waals surface area contributed by atoms with E-state index < -0.39 is 0 Å². The van der Waals surface area contributed by atoms with Crippen LogP contribution in [0, 0.1) is 0 Å². The summed E-state index contributed by atoms with van der Waals surface area (Å²) in [6, 6.07) is 8.42. The number of fused-ring (bicyclic) bond motifs is 1. The summed E-state index contributed by atoms with van der Waals surface area (Å²) >= 11 is 0. The molecule has 1 aliphatic rings. The fraction of sp³-hybridized carbons (Fsp3) is 0.500. The predicted molar refractivity (Wildman–Crippen MR) is 53.8 cm³/mol. The lowest BCUT2D eigenvalue weighted by molar-refractivity contribution is 0.152. The molecule has 2 atom stereocenters. The first-order valence-corrected chi connectivity index (χ1v) is 5.08. The Balaban J connectivity index is 2.29. The molecule has 0 spiro atoms. The number of rotatable bonds is 2. The van der Waals surface area contributed by atoms with E-state index in [0.29, 0.717) is 5.92 Å². The van der Waals surface area contributed by atoms with Crippen LogP contribution in [0.25, 0.3) is 0 Å². The summed E-state index contributed by atoms with van der Waals surface area (Å²) in [5.74, 6) is 0.390. The first kappa shape index (κ1) is 8.76. The lowest BCUT2D eigenvalue weighted by Gasteiger charge is -2.14. The van der Waals surface area contributed by atoms with Crippen LogP contribution in [-0.2, 0) is 6.42 Å². The number of hydrogen-bond donors (Lipinski definition) is 1. The molecule has 1 heteroatoms.